The van der Waals surface area contributed by atoms with Gasteiger partial charge in [-0.1, -0.05) is 49.4 Å². The molecule has 6 nitrogen and oxygen atoms in total. The zero-order valence-corrected chi connectivity index (χ0v) is 19.0. The minimum Gasteiger partial charge on any atom is -0.491 e. The lowest BCUT2D eigenvalue weighted by Crippen LogP contribution is -2.41. The van der Waals surface area contributed by atoms with E-state index in [9.17, 15) is 13.2 Å². The highest BCUT2D eigenvalue weighted by Gasteiger charge is 2.32. The Kier molecular flexibility index (Phi) is 6.77. The van der Waals surface area contributed by atoms with Gasteiger partial charge in [-0.05, 0) is 54.3 Å². The topological polar surface area (TPSA) is 75.7 Å². The molecule has 0 saturated carbocycles. The van der Waals surface area contributed by atoms with E-state index in [-0.39, 0.29) is 11.8 Å². The van der Waals surface area contributed by atoms with E-state index in [1.807, 2.05) is 61.5 Å². The van der Waals surface area contributed by atoms with Crippen molar-refractivity contribution in [3.63, 3.8) is 0 Å². The monoisotopic (exact) mass is 452 g/mol. The summed E-state index contributed by atoms with van der Waals surface area (Å²) in [6, 6.07) is 20.3. The van der Waals surface area contributed by atoms with Gasteiger partial charge in [0.05, 0.1) is 17.2 Å². The van der Waals surface area contributed by atoms with Crippen molar-refractivity contribution in [1.82, 2.24) is 4.31 Å². The minimum absolute atomic E-state index is 0.0969. The number of amides is 1. The molecule has 32 heavy (non-hydrogen) atoms. The maximum absolute atomic E-state index is 13.2. The first-order valence-corrected chi connectivity index (χ1v) is 12.4. The molecule has 0 bridgehead atoms. The van der Waals surface area contributed by atoms with Crippen molar-refractivity contribution in [1.29, 1.82) is 0 Å². The molecular formula is C25H28N2O4S. The number of anilines is 1. The van der Waals surface area contributed by atoms with Gasteiger partial charge in [-0.15, -0.1) is 0 Å². The fourth-order valence-corrected chi connectivity index (χ4v) is 5.48. The zero-order chi connectivity index (χ0) is 22.6. The van der Waals surface area contributed by atoms with E-state index < -0.39 is 10.0 Å². The van der Waals surface area contributed by atoms with Crippen molar-refractivity contribution >= 4 is 32.4 Å². The maximum Gasteiger partial charge on any atom is 0.243 e. The Bertz CT molecular complexity index is 1200. The Labute approximate surface area is 189 Å². The average Bonchev–Trinajstić information content (AvgIpc) is 2.83. The molecule has 0 spiro atoms. The van der Waals surface area contributed by atoms with Crippen LogP contribution in [0.1, 0.15) is 26.2 Å². The number of nitrogens with one attached hydrogen (secondary N) is 1. The number of benzene rings is 3. The molecular weight excluding hydrogens is 424 g/mol. The van der Waals surface area contributed by atoms with E-state index in [1.165, 1.54) is 4.31 Å². The van der Waals surface area contributed by atoms with Gasteiger partial charge in [-0.2, -0.15) is 4.31 Å². The number of hydrogen-bond donors (Lipinski definition) is 1. The number of sulfonamides is 1. The molecule has 3 aromatic carbocycles. The molecule has 1 heterocycles. The van der Waals surface area contributed by atoms with Gasteiger partial charge in [0, 0.05) is 19.0 Å². The van der Waals surface area contributed by atoms with E-state index in [1.54, 1.807) is 12.1 Å². The van der Waals surface area contributed by atoms with Gasteiger partial charge in [0.2, 0.25) is 15.9 Å². The number of ether oxygens (including phenoxy) is 1. The molecule has 7 heteroatoms. The number of nitrogens with zero attached hydrogens (tertiary/aromatic N) is 1. The third kappa shape index (κ3) is 4.79. The number of carbonyl (C=O) groups excluding carboxylic acids is 1. The van der Waals surface area contributed by atoms with Gasteiger partial charge in [0.25, 0.3) is 0 Å². The van der Waals surface area contributed by atoms with E-state index in [0.29, 0.717) is 48.9 Å². The fraction of sp³-hybridized carbons (Fsp3) is 0.320. The predicted molar refractivity (Wildman–Crippen MR) is 126 cm³/mol. The average molecular weight is 453 g/mol. The Morgan fingerprint density at radius 2 is 1.69 bits per heavy atom. The van der Waals surface area contributed by atoms with Crippen LogP contribution >= 0.6 is 0 Å². The second-order valence-corrected chi connectivity index (χ2v) is 9.96. The number of carbonyl (C=O) groups is 1. The highest BCUT2D eigenvalue weighted by molar-refractivity contribution is 7.89. The molecule has 1 amide bonds. The van der Waals surface area contributed by atoms with Crippen LogP contribution in [0.3, 0.4) is 0 Å². The Morgan fingerprint density at radius 3 is 2.44 bits per heavy atom. The van der Waals surface area contributed by atoms with Crippen molar-refractivity contribution in [2.45, 2.75) is 31.1 Å². The van der Waals surface area contributed by atoms with Crippen LogP contribution in [-0.2, 0) is 14.8 Å². The third-order valence-electron chi connectivity index (χ3n) is 5.79. The Morgan fingerprint density at radius 1 is 1.00 bits per heavy atom. The highest BCUT2D eigenvalue weighted by atomic mass is 32.2. The first kappa shape index (κ1) is 22.3. The smallest absolute Gasteiger partial charge is 0.243 e. The lowest BCUT2D eigenvalue weighted by molar-refractivity contribution is -0.120. The number of rotatable bonds is 7. The van der Waals surface area contributed by atoms with Crippen LogP contribution in [0.5, 0.6) is 5.75 Å². The van der Waals surface area contributed by atoms with Crippen molar-refractivity contribution in [2.75, 3.05) is 25.0 Å². The number of para-hydroxylation sites is 2. The van der Waals surface area contributed by atoms with Gasteiger partial charge in [0.15, 0.2) is 0 Å². The molecule has 1 fully saturated rings. The summed E-state index contributed by atoms with van der Waals surface area (Å²) < 4.78 is 33.5. The van der Waals surface area contributed by atoms with E-state index >= 15 is 0 Å². The molecule has 0 unspecified atom stereocenters. The van der Waals surface area contributed by atoms with Crippen LogP contribution in [-0.4, -0.2) is 38.3 Å². The quantitative estimate of drug-likeness (QED) is 0.565. The standard InChI is InChI=1S/C25H28N2O4S/c1-2-17-31-24-10-6-5-9-23(24)26-25(28)20-13-15-27(16-14-20)32(29,30)22-12-11-19-7-3-4-8-21(19)18-22/h3-12,18,20H,2,13-17H2,1H3,(H,26,28). The predicted octanol–water partition coefficient (Wildman–Crippen LogP) is 4.67. The third-order valence-corrected chi connectivity index (χ3v) is 7.68. The van der Waals surface area contributed by atoms with Gasteiger partial charge >= 0.3 is 0 Å². The van der Waals surface area contributed by atoms with Gasteiger partial charge < -0.3 is 10.1 Å². The molecule has 0 aliphatic carbocycles. The summed E-state index contributed by atoms with van der Waals surface area (Å²) >= 11 is 0. The van der Waals surface area contributed by atoms with Gasteiger partial charge in [-0.3, -0.25) is 4.79 Å². The van der Waals surface area contributed by atoms with Crippen molar-refractivity contribution in [2.24, 2.45) is 5.92 Å². The van der Waals surface area contributed by atoms with Crippen LogP contribution in [0.25, 0.3) is 10.8 Å². The molecule has 1 saturated heterocycles. The largest absolute Gasteiger partial charge is 0.491 e. The fourth-order valence-electron chi connectivity index (χ4n) is 3.98. The summed E-state index contributed by atoms with van der Waals surface area (Å²) in [6.45, 7) is 3.25. The lowest BCUT2D eigenvalue weighted by atomic mass is 9.97. The normalized spacial score (nSPS) is 15.5. The molecule has 0 atom stereocenters. The molecule has 3 aromatic rings. The summed E-state index contributed by atoms with van der Waals surface area (Å²) in [4.78, 5) is 13.1. The molecule has 1 aliphatic heterocycles. The Hall–Kier alpha value is -2.90. The highest BCUT2D eigenvalue weighted by Crippen LogP contribution is 2.29. The van der Waals surface area contributed by atoms with Crippen LogP contribution in [0.2, 0.25) is 0 Å². The zero-order valence-electron chi connectivity index (χ0n) is 18.2. The molecule has 1 aliphatic rings. The second-order valence-electron chi connectivity index (χ2n) is 8.02. The van der Waals surface area contributed by atoms with Crippen molar-refractivity contribution in [3.8, 4) is 5.75 Å². The first-order chi connectivity index (χ1) is 15.5. The number of hydrogen-bond acceptors (Lipinski definition) is 4. The van der Waals surface area contributed by atoms with E-state index in [4.69, 9.17) is 4.74 Å². The van der Waals surface area contributed by atoms with Crippen LogP contribution < -0.4 is 10.1 Å². The van der Waals surface area contributed by atoms with Gasteiger partial charge in [0.1, 0.15) is 5.75 Å². The summed E-state index contributed by atoms with van der Waals surface area (Å²) in [5.41, 5.74) is 0.650. The van der Waals surface area contributed by atoms with Gasteiger partial charge in [-0.25, -0.2) is 8.42 Å². The lowest BCUT2D eigenvalue weighted by Gasteiger charge is -2.30. The number of piperidine rings is 1. The van der Waals surface area contributed by atoms with Crippen molar-refractivity contribution < 1.29 is 17.9 Å². The summed E-state index contributed by atoms with van der Waals surface area (Å²) in [5.74, 6) is 0.316. The first-order valence-electron chi connectivity index (χ1n) is 11.0. The summed E-state index contributed by atoms with van der Waals surface area (Å²) in [5, 5.41) is 4.86. The number of fused-ring (bicyclic) bond motifs is 1. The van der Waals surface area contributed by atoms with Crippen LogP contribution in [0, 0.1) is 5.92 Å². The summed E-state index contributed by atoms with van der Waals surface area (Å²) in [7, 11) is -3.60. The molecule has 1 N–H and O–H groups in total. The van der Waals surface area contributed by atoms with Crippen molar-refractivity contribution in [3.05, 3.63) is 66.7 Å². The molecule has 168 valence electrons. The SMILES string of the molecule is CCCOc1ccccc1NC(=O)C1CCN(S(=O)(=O)c2ccc3ccccc3c2)CC1. The van der Waals surface area contributed by atoms with Crippen LogP contribution in [0.4, 0.5) is 5.69 Å². The molecule has 0 aromatic heterocycles. The second kappa shape index (κ2) is 9.71. The minimum atomic E-state index is -3.60. The van der Waals surface area contributed by atoms with Crippen LogP contribution in [0.15, 0.2) is 71.6 Å². The molecule has 4 rings (SSSR count). The maximum atomic E-state index is 13.2. The summed E-state index contributed by atoms with van der Waals surface area (Å²) in [6.07, 6.45) is 1.85. The molecule has 0 radical (unpaired) electrons. The Balaban J connectivity index is 1.40. The van der Waals surface area contributed by atoms with E-state index in [0.717, 1.165) is 17.2 Å². The van der Waals surface area contributed by atoms with E-state index in [2.05, 4.69) is 5.32 Å².